The second-order valence-electron chi connectivity index (χ2n) is 8.75. The number of anilines is 2. The van der Waals surface area contributed by atoms with Gasteiger partial charge in [-0.2, -0.15) is 5.10 Å². The van der Waals surface area contributed by atoms with Crippen LogP contribution in [-0.4, -0.2) is 37.9 Å². The maximum atomic E-state index is 13.2. The molecule has 2 atom stereocenters. The molecular formula is C23H26N6O2. The van der Waals surface area contributed by atoms with E-state index in [2.05, 4.69) is 22.3 Å². The molecule has 1 aliphatic carbocycles. The lowest BCUT2D eigenvalue weighted by atomic mass is 9.90. The van der Waals surface area contributed by atoms with Crippen LogP contribution in [0.3, 0.4) is 0 Å². The standard InChI is InChI=1S/C23H26N6O2/c1-14-2-7-20(16-5-6-18-8-9-26-29(18)13-16)28(12-14)23(31)22(30)27-17-10-19(15-3-4-15)21(24)25-11-17/h5-6,8-11,13-15,20H,2-4,7,12H2,1H3,(H2,24,25)(H,27,30)/t14-,20+/m0/s1. The number of nitrogen functional groups attached to an aromatic ring is 1. The maximum absolute atomic E-state index is 13.2. The number of pyridine rings is 2. The molecule has 31 heavy (non-hydrogen) atoms. The van der Waals surface area contributed by atoms with E-state index in [4.69, 9.17) is 5.73 Å². The molecule has 4 heterocycles. The summed E-state index contributed by atoms with van der Waals surface area (Å²) in [5, 5.41) is 7.04. The molecule has 3 aromatic rings. The summed E-state index contributed by atoms with van der Waals surface area (Å²) < 4.78 is 1.80. The van der Waals surface area contributed by atoms with E-state index >= 15 is 0 Å². The molecule has 2 aliphatic rings. The molecule has 0 bridgehead atoms. The first-order valence-corrected chi connectivity index (χ1v) is 10.8. The molecule has 3 aromatic heterocycles. The highest BCUT2D eigenvalue weighted by atomic mass is 16.2. The first-order chi connectivity index (χ1) is 15.0. The van der Waals surface area contributed by atoms with E-state index < -0.39 is 11.8 Å². The van der Waals surface area contributed by atoms with Crippen LogP contribution in [0.15, 0.2) is 42.9 Å². The maximum Gasteiger partial charge on any atom is 0.313 e. The van der Waals surface area contributed by atoms with Gasteiger partial charge in [-0.05, 0) is 66.8 Å². The Balaban J connectivity index is 1.37. The van der Waals surface area contributed by atoms with Gasteiger partial charge in [0.1, 0.15) is 5.82 Å². The average molecular weight is 419 g/mol. The number of hydrogen-bond acceptors (Lipinski definition) is 5. The Bertz CT molecular complexity index is 1150. The molecule has 8 nitrogen and oxygen atoms in total. The minimum Gasteiger partial charge on any atom is -0.383 e. The van der Waals surface area contributed by atoms with E-state index in [1.54, 1.807) is 15.6 Å². The first-order valence-electron chi connectivity index (χ1n) is 10.8. The molecule has 3 N–H and O–H groups in total. The van der Waals surface area contributed by atoms with Gasteiger partial charge in [0.2, 0.25) is 0 Å². The van der Waals surface area contributed by atoms with Gasteiger partial charge in [-0.25, -0.2) is 9.50 Å². The van der Waals surface area contributed by atoms with Gasteiger partial charge in [0.05, 0.1) is 23.4 Å². The summed E-state index contributed by atoms with van der Waals surface area (Å²) in [5.41, 5.74) is 9.39. The van der Waals surface area contributed by atoms with Crippen molar-refractivity contribution in [2.45, 2.75) is 44.6 Å². The second kappa shape index (κ2) is 7.68. The molecular weight excluding hydrogens is 392 g/mol. The van der Waals surface area contributed by atoms with Crippen molar-refractivity contribution in [1.82, 2.24) is 19.5 Å². The molecule has 0 spiro atoms. The molecule has 2 amide bonds. The van der Waals surface area contributed by atoms with Crippen LogP contribution in [0.2, 0.25) is 0 Å². The van der Waals surface area contributed by atoms with Gasteiger partial charge in [-0.15, -0.1) is 0 Å². The van der Waals surface area contributed by atoms with Crippen LogP contribution in [0.5, 0.6) is 0 Å². The van der Waals surface area contributed by atoms with Crippen molar-refractivity contribution >= 4 is 28.8 Å². The Hall–Kier alpha value is -3.42. The summed E-state index contributed by atoms with van der Waals surface area (Å²) in [6.45, 7) is 2.65. The van der Waals surface area contributed by atoms with E-state index in [-0.39, 0.29) is 6.04 Å². The van der Waals surface area contributed by atoms with Gasteiger partial charge in [-0.3, -0.25) is 9.59 Å². The van der Waals surface area contributed by atoms with Gasteiger partial charge in [0.15, 0.2) is 0 Å². The zero-order valence-electron chi connectivity index (χ0n) is 17.5. The lowest BCUT2D eigenvalue weighted by Gasteiger charge is -2.38. The number of amides is 2. The summed E-state index contributed by atoms with van der Waals surface area (Å²) in [4.78, 5) is 31.9. The average Bonchev–Trinajstić information content (AvgIpc) is 3.50. The predicted molar refractivity (Wildman–Crippen MR) is 117 cm³/mol. The Morgan fingerprint density at radius 3 is 2.81 bits per heavy atom. The number of aromatic nitrogens is 3. The fourth-order valence-electron chi connectivity index (χ4n) is 4.45. The summed E-state index contributed by atoms with van der Waals surface area (Å²) in [7, 11) is 0. The number of carbonyl (C=O) groups excluding carboxylic acids is 2. The minimum atomic E-state index is -0.646. The monoisotopic (exact) mass is 418 g/mol. The number of nitrogens with two attached hydrogens (primary N) is 1. The summed E-state index contributed by atoms with van der Waals surface area (Å²) in [5.74, 6) is 0.0611. The first kappa shape index (κ1) is 19.5. The van der Waals surface area contributed by atoms with Gasteiger partial charge >= 0.3 is 11.8 Å². The molecule has 0 radical (unpaired) electrons. The Morgan fingerprint density at radius 1 is 1.16 bits per heavy atom. The van der Waals surface area contributed by atoms with Crippen LogP contribution in [0, 0.1) is 5.92 Å². The van der Waals surface area contributed by atoms with E-state index in [0.717, 1.165) is 42.3 Å². The summed E-state index contributed by atoms with van der Waals surface area (Å²) in [6.07, 6.45) is 9.16. The number of carbonyl (C=O) groups is 2. The Labute approximate surface area is 180 Å². The van der Waals surface area contributed by atoms with Crippen molar-refractivity contribution in [2.24, 2.45) is 5.92 Å². The van der Waals surface area contributed by atoms with E-state index in [0.29, 0.717) is 29.9 Å². The molecule has 0 aromatic carbocycles. The number of piperidine rings is 1. The topological polar surface area (TPSA) is 106 Å². The molecule has 1 saturated heterocycles. The van der Waals surface area contributed by atoms with Crippen molar-refractivity contribution in [3.63, 3.8) is 0 Å². The zero-order chi connectivity index (χ0) is 21.5. The fourth-order valence-corrected chi connectivity index (χ4v) is 4.45. The highest BCUT2D eigenvalue weighted by Crippen LogP contribution is 2.42. The zero-order valence-corrected chi connectivity index (χ0v) is 17.5. The molecule has 1 saturated carbocycles. The van der Waals surface area contributed by atoms with Gasteiger partial charge in [0, 0.05) is 18.9 Å². The third-order valence-electron chi connectivity index (χ3n) is 6.30. The Kier molecular flexibility index (Phi) is 4.84. The normalized spacial score (nSPS) is 21.3. The number of hydrogen-bond donors (Lipinski definition) is 2. The molecule has 2 fully saturated rings. The number of likely N-dealkylation sites (tertiary alicyclic amines) is 1. The third kappa shape index (κ3) is 3.85. The van der Waals surface area contributed by atoms with Crippen LogP contribution in [0.4, 0.5) is 11.5 Å². The molecule has 160 valence electrons. The van der Waals surface area contributed by atoms with Crippen molar-refractivity contribution in [3.05, 3.63) is 54.0 Å². The third-order valence-corrected chi connectivity index (χ3v) is 6.30. The number of fused-ring (bicyclic) bond motifs is 1. The summed E-state index contributed by atoms with van der Waals surface area (Å²) >= 11 is 0. The lowest BCUT2D eigenvalue weighted by molar-refractivity contribution is -0.146. The molecule has 1 aliphatic heterocycles. The fraction of sp³-hybridized carbons (Fsp3) is 0.391. The summed E-state index contributed by atoms with van der Waals surface area (Å²) in [6, 6.07) is 7.62. The highest BCUT2D eigenvalue weighted by molar-refractivity contribution is 6.39. The number of nitrogens with zero attached hydrogens (tertiary/aromatic N) is 4. The van der Waals surface area contributed by atoms with E-state index in [9.17, 15) is 9.59 Å². The van der Waals surface area contributed by atoms with Crippen LogP contribution in [0.1, 0.15) is 55.7 Å². The minimum absolute atomic E-state index is 0.158. The van der Waals surface area contributed by atoms with Gasteiger partial charge in [-0.1, -0.05) is 13.0 Å². The predicted octanol–water partition coefficient (Wildman–Crippen LogP) is 3.13. The van der Waals surface area contributed by atoms with Gasteiger partial charge in [0.25, 0.3) is 0 Å². The van der Waals surface area contributed by atoms with Gasteiger partial charge < -0.3 is 16.0 Å². The SMILES string of the molecule is C[C@H]1CC[C@H](c2ccc3ccnn3c2)N(C(=O)C(=O)Nc2cnc(N)c(C3CC3)c2)C1. The van der Waals surface area contributed by atoms with Crippen molar-refractivity contribution < 1.29 is 9.59 Å². The van der Waals surface area contributed by atoms with Crippen molar-refractivity contribution in [2.75, 3.05) is 17.6 Å². The second-order valence-corrected chi connectivity index (χ2v) is 8.75. The van der Waals surface area contributed by atoms with Crippen molar-refractivity contribution in [3.8, 4) is 0 Å². The van der Waals surface area contributed by atoms with Crippen LogP contribution >= 0.6 is 0 Å². The molecule has 8 heteroatoms. The largest absolute Gasteiger partial charge is 0.383 e. The quantitative estimate of drug-likeness (QED) is 0.636. The molecule has 5 rings (SSSR count). The van der Waals surface area contributed by atoms with E-state index in [1.807, 2.05) is 30.5 Å². The van der Waals surface area contributed by atoms with E-state index in [1.165, 1.54) is 6.20 Å². The number of nitrogens with one attached hydrogen (secondary N) is 1. The Morgan fingerprint density at radius 2 is 2.00 bits per heavy atom. The van der Waals surface area contributed by atoms with Crippen molar-refractivity contribution in [1.29, 1.82) is 0 Å². The van der Waals surface area contributed by atoms with Crippen LogP contribution in [0.25, 0.3) is 5.52 Å². The smallest absolute Gasteiger partial charge is 0.313 e. The van der Waals surface area contributed by atoms with Crippen LogP contribution in [-0.2, 0) is 9.59 Å². The van der Waals surface area contributed by atoms with Crippen LogP contribution < -0.4 is 11.1 Å². The number of rotatable bonds is 3. The lowest BCUT2D eigenvalue weighted by Crippen LogP contribution is -2.46. The highest BCUT2D eigenvalue weighted by Gasteiger charge is 2.35. The molecule has 0 unspecified atom stereocenters.